The van der Waals surface area contributed by atoms with Crippen LogP contribution in [-0.2, 0) is 0 Å². The number of aliphatic imine (C=N–C) groups is 1. The summed E-state index contributed by atoms with van der Waals surface area (Å²) in [6.07, 6.45) is 0.168. The van der Waals surface area contributed by atoms with Crippen LogP contribution in [0.25, 0.3) is 0 Å². The van der Waals surface area contributed by atoms with Crippen LogP contribution in [-0.4, -0.2) is 24.2 Å². The molecule has 24 heavy (non-hydrogen) atoms. The first kappa shape index (κ1) is 16.3. The first-order chi connectivity index (χ1) is 11.6. The van der Waals surface area contributed by atoms with Gasteiger partial charge in [0, 0.05) is 12.0 Å². The summed E-state index contributed by atoms with van der Waals surface area (Å²) in [5, 5.41) is 13.4. The fourth-order valence-corrected chi connectivity index (χ4v) is 2.79. The highest BCUT2D eigenvalue weighted by Gasteiger charge is 2.21. The average Bonchev–Trinajstić information content (AvgIpc) is 2.61. The molecule has 2 aromatic rings. The van der Waals surface area contributed by atoms with Gasteiger partial charge in [-0.3, -0.25) is 4.99 Å². The molecule has 0 aliphatic carbocycles. The maximum atomic E-state index is 10.2. The van der Waals surface area contributed by atoms with Gasteiger partial charge >= 0.3 is 0 Å². The van der Waals surface area contributed by atoms with Crippen LogP contribution in [0.2, 0.25) is 0 Å². The summed E-state index contributed by atoms with van der Waals surface area (Å²) in [4.78, 5) is 4.28. The van der Waals surface area contributed by atoms with E-state index >= 15 is 0 Å². The van der Waals surface area contributed by atoms with E-state index in [4.69, 9.17) is 10.5 Å². The lowest BCUT2D eigenvalue weighted by Gasteiger charge is -2.27. The second-order valence-electron chi connectivity index (χ2n) is 6.02. The molecule has 0 amide bonds. The molecule has 1 aliphatic rings. The molecule has 0 fully saturated rings. The molecule has 0 bridgehead atoms. The van der Waals surface area contributed by atoms with Crippen molar-refractivity contribution >= 4 is 5.96 Å². The minimum atomic E-state index is -0.659. The zero-order valence-corrected chi connectivity index (χ0v) is 13.8. The summed E-state index contributed by atoms with van der Waals surface area (Å²) < 4.78 is 5.64. The lowest BCUT2D eigenvalue weighted by atomic mass is 10.0. The van der Waals surface area contributed by atoms with Crippen molar-refractivity contribution in [2.24, 2.45) is 10.7 Å². The molecule has 0 radical (unpaired) electrons. The minimum absolute atomic E-state index is 0.0789. The standard InChI is InChI=1S/C19H23N3O2/c1-13-6-8-14(9-7-13)17(23)12-21-19(20)22-16-10-11-24-18-5-3-2-4-15(16)18/h2-9,16-17,23H,10-12H2,1H3,(H3,20,21,22)/t16?,17-/m1/s1. The summed E-state index contributed by atoms with van der Waals surface area (Å²) in [5.74, 6) is 1.22. The van der Waals surface area contributed by atoms with E-state index in [1.165, 1.54) is 0 Å². The van der Waals surface area contributed by atoms with E-state index in [1.807, 2.05) is 55.5 Å². The predicted octanol–water partition coefficient (Wildman–Crippen LogP) is 2.46. The molecule has 5 nitrogen and oxygen atoms in total. The fourth-order valence-electron chi connectivity index (χ4n) is 2.79. The number of aliphatic hydroxyl groups excluding tert-OH is 1. The number of hydrogen-bond donors (Lipinski definition) is 3. The molecule has 1 heterocycles. The minimum Gasteiger partial charge on any atom is -0.493 e. The number of ether oxygens (including phenoxy) is 1. The number of para-hydroxylation sites is 1. The second kappa shape index (κ2) is 7.36. The Balaban J connectivity index is 1.62. The van der Waals surface area contributed by atoms with E-state index in [9.17, 15) is 5.11 Å². The van der Waals surface area contributed by atoms with Crippen LogP contribution in [0.1, 0.15) is 35.3 Å². The van der Waals surface area contributed by atoms with Crippen molar-refractivity contribution < 1.29 is 9.84 Å². The molecule has 126 valence electrons. The Kier molecular flexibility index (Phi) is 5.01. The summed E-state index contributed by atoms with van der Waals surface area (Å²) >= 11 is 0. The van der Waals surface area contributed by atoms with E-state index in [1.54, 1.807) is 0 Å². The van der Waals surface area contributed by atoms with Gasteiger partial charge in [0.25, 0.3) is 0 Å². The number of hydrogen-bond acceptors (Lipinski definition) is 3. The first-order valence-electron chi connectivity index (χ1n) is 8.16. The Bertz CT molecular complexity index is 713. The van der Waals surface area contributed by atoms with Crippen molar-refractivity contribution in [1.82, 2.24) is 5.32 Å². The highest BCUT2D eigenvalue weighted by atomic mass is 16.5. The predicted molar refractivity (Wildman–Crippen MR) is 95.1 cm³/mol. The number of guanidine groups is 1. The molecule has 3 rings (SSSR count). The van der Waals surface area contributed by atoms with Gasteiger partial charge in [-0.15, -0.1) is 0 Å². The van der Waals surface area contributed by atoms with Crippen LogP contribution < -0.4 is 15.8 Å². The van der Waals surface area contributed by atoms with Gasteiger partial charge in [0.1, 0.15) is 5.75 Å². The first-order valence-corrected chi connectivity index (χ1v) is 8.16. The monoisotopic (exact) mass is 325 g/mol. The van der Waals surface area contributed by atoms with Crippen LogP contribution in [0, 0.1) is 6.92 Å². The van der Waals surface area contributed by atoms with Gasteiger partial charge < -0.3 is 20.9 Å². The van der Waals surface area contributed by atoms with E-state index in [0.717, 1.165) is 28.9 Å². The summed E-state index contributed by atoms with van der Waals surface area (Å²) in [6, 6.07) is 15.8. The summed E-state index contributed by atoms with van der Waals surface area (Å²) in [6.45, 7) is 2.89. The number of nitrogens with zero attached hydrogens (tertiary/aromatic N) is 1. The van der Waals surface area contributed by atoms with Crippen molar-refractivity contribution in [1.29, 1.82) is 0 Å². The lowest BCUT2D eigenvalue weighted by Crippen LogP contribution is -2.37. The molecule has 0 saturated heterocycles. The van der Waals surface area contributed by atoms with Crippen molar-refractivity contribution in [2.75, 3.05) is 13.2 Å². The van der Waals surface area contributed by atoms with E-state index < -0.39 is 6.10 Å². The van der Waals surface area contributed by atoms with Gasteiger partial charge in [0.05, 0.1) is 25.3 Å². The van der Waals surface area contributed by atoms with Gasteiger partial charge in [-0.2, -0.15) is 0 Å². The number of nitrogens with one attached hydrogen (secondary N) is 1. The van der Waals surface area contributed by atoms with Crippen LogP contribution in [0.15, 0.2) is 53.5 Å². The molecule has 0 saturated carbocycles. The maximum Gasteiger partial charge on any atom is 0.189 e. The summed E-state index contributed by atoms with van der Waals surface area (Å²) in [5.41, 5.74) is 9.09. The van der Waals surface area contributed by atoms with E-state index in [-0.39, 0.29) is 12.6 Å². The van der Waals surface area contributed by atoms with Crippen molar-refractivity contribution in [3.8, 4) is 5.75 Å². The lowest BCUT2D eigenvalue weighted by molar-refractivity contribution is 0.187. The Morgan fingerprint density at radius 2 is 2.04 bits per heavy atom. The molecule has 4 N–H and O–H groups in total. The Morgan fingerprint density at radius 1 is 1.29 bits per heavy atom. The third-order valence-corrected chi connectivity index (χ3v) is 4.18. The highest BCUT2D eigenvalue weighted by Crippen LogP contribution is 2.31. The van der Waals surface area contributed by atoms with Gasteiger partial charge in [0.2, 0.25) is 0 Å². The molecule has 2 aromatic carbocycles. The molecule has 1 unspecified atom stereocenters. The smallest absolute Gasteiger partial charge is 0.189 e. The highest BCUT2D eigenvalue weighted by molar-refractivity contribution is 5.78. The summed E-state index contributed by atoms with van der Waals surface area (Å²) in [7, 11) is 0. The van der Waals surface area contributed by atoms with Crippen LogP contribution >= 0.6 is 0 Å². The number of aliphatic hydroxyl groups is 1. The number of benzene rings is 2. The molecule has 1 aliphatic heterocycles. The Labute approximate surface area is 142 Å². The van der Waals surface area contributed by atoms with Crippen molar-refractivity contribution in [3.63, 3.8) is 0 Å². The topological polar surface area (TPSA) is 79.9 Å². The van der Waals surface area contributed by atoms with Gasteiger partial charge in [-0.25, -0.2) is 0 Å². The SMILES string of the molecule is Cc1ccc([C@H](O)CN=C(N)NC2CCOc3ccccc32)cc1. The molecule has 0 spiro atoms. The zero-order chi connectivity index (χ0) is 16.9. The molecular weight excluding hydrogens is 302 g/mol. The van der Waals surface area contributed by atoms with Crippen molar-refractivity contribution in [2.45, 2.75) is 25.5 Å². The molecular formula is C19H23N3O2. The Morgan fingerprint density at radius 3 is 2.83 bits per heavy atom. The van der Waals surface area contributed by atoms with Crippen molar-refractivity contribution in [3.05, 3.63) is 65.2 Å². The molecule has 5 heteroatoms. The average molecular weight is 325 g/mol. The normalized spacial score (nSPS) is 18.4. The molecule has 2 atom stereocenters. The third kappa shape index (κ3) is 3.86. The number of aryl methyl sites for hydroxylation is 1. The number of rotatable bonds is 4. The second-order valence-corrected chi connectivity index (χ2v) is 6.02. The van der Waals surface area contributed by atoms with Crippen LogP contribution in [0.5, 0.6) is 5.75 Å². The number of nitrogens with two attached hydrogens (primary N) is 1. The maximum absolute atomic E-state index is 10.2. The Hall–Kier alpha value is -2.53. The van der Waals surface area contributed by atoms with E-state index in [0.29, 0.717) is 12.6 Å². The largest absolute Gasteiger partial charge is 0.493 e. The fraction of sp³-hybridized carbons (Fsp3) is 0.316. The van der Waals surface area contributed by atoms with E-state index in [2.05, 4.69) is 10.3 Å². The third-order valence-electron chi connectivity index (χ3n) is 4.18. The van der Waals surface area contributed by atoms with Gasteiger partial charge in [-0.1, -0.05) is 48.0 Å². The zero-order valence-electron chi connectivity index (χ0n) is 13.8. The van der Waals surface area contributed by atoms with Crippen LogP contribution in [0.3, 0.4) is 0 Å². The van der Waals surface area contributed by atoms with Crippen LogP contribution in [0.4, 0.5) is 0 Å². The van der Waals surface area contributed by atoms with Gasteiger partial charge in [0.15, 0.2) is 5.96 Å². The quantitative estimate of drug-likeness (QED) is 0.596. The number of fused-ring (bicyclic) bond motifs is 1. The molecule has 0 aromatic heterocycles. The van der Waals surface area contributed by atoms with Gasteiger partial charge in [-0.05, 0) is 18.6 Å².